The van der Waals surface area contributed by atoms with Crippen LogP contribution in [0.4, 0.5) is 0 Å². The molecule has 6 heteroatoms. The first-order valence-electron chi connectivity index (χ1n) is 7.21. The molecule has 20 heavy (non-hydrogen) atoms. The molecule has 1 aliphatic rings. The number of β-amino-alcohol motifs (C(OH)–C–C–N with tert-alkyl or cyclic N) is 1. The Hall–Kier alpha value is -1.43. The molecule has 1 fully saturated rings. The van der Waals surface area contributed by atoms with Gasteiger partial charge in [0.25, 0.3) is 0 Å². The highest BCUT2D eigenvalue weighted by molar-refractivity contribution is 5.76. The molecule has 2 atom stereocenters. The Kier molecular flexibility index (Phi) is 4.13. The van der Waals surface area contributed by atoms with Crippen LogP contribution >= 0.6 is 0 Å². The molecule has 2 heterocycles. The van der Waals surface area contributed by atoms with E-state index in [4.69, 9.17) is 0 Å². The fourth-order valence-electron chi connectivity index (χ4n) is 2.83. The smallest absolute Gasteiger partial charge is 0.223 e. The van der Waals surface area contributed by atoms with Crippen molar-refractivity contribution in [2.24, 2.45) is 11.8 Å². The van der Waals surface area contributed by atoms with Gasteiger partial charge < -0.3 is 10.0 Å². The topological polar surface area (TPSA) is 82.1 Å². The van der Waals surface area contributed by atoms with E-state index in [9.17, 15) is 9.90 Å². The highest BCUT2D eigenvalue weighted by atomic mass is 16.3. The molecule has 112 valence electrons. The van der Waals surface area contributed by atoms with Gasteiger partial charge in [0.15, 0.2) is 5.82 Å². The fourth-order valence-corrected chi connectivity index (χ4v) is 2.83. The zero-order chi connectivity index (χ0) is 14.9. The van der Waals surface area contributed by atoms with Crippen molar-refractivity contribution in [1.29, 1.82) is 0 Å². The monoisotopic (exact) mass is 280 g/mol. The lowest BCUT2D eigenvalue weighted by Gasteiger charge is -2.31. The molecule has 0 aromatic carbocycles. The molecule has 1 amide bonds. The summed E-state index contributed by atoms with van der Waals surface area (Å²) in [4.78, 5) is 18.2. The molecule has 2 rings (SSSR count). The lowest BCUT2D eigenvalue weighted by Crippen LogP contribution is -2.43. The van der Waals surface area contributed by atoms with Gasteiger partial charge in [-0.3, -0.25) is 9.89 Å². The van der Waals surface area contributed by atoms with E-state index in [2.05, 4.69) is 15.2 Å². The molecule has 0 aliphatic carbocycles. The maximum atomic E-state index is 12.2. The number of rotatable bonds is 4. The van der Waals surface area contributed by atoms with Crippen LogP contribution in [0.5, 0.6) is 0 Å². The number of hydrogen-bond donors (Lipinski definition) is 2. The largest absolute Gasteiger partial charge is 0.387 e. The Morgan fingerprint density at radius 3 is 2.80 bits per heavy atom. The van der Waals surface area contributed by atoms with E-state index in [-0.39, 0.29) is 17.7 Å². The zero-order valence-electron chi connectivity index (χ0n) is 12.7. The number of likely N-dealkylation sites (tertiary alicyclic amines) is 1. The van der Waals surface area contributed by atoms with Gasteiger partial charge in [0.1, 0.15) is 5.82 Å². The highest BCUT2D eigenvalue weighted by Gasteiger charge is 2.46. The van der Waals surface area contributed by atoms with Crippen LogP contribution in [-0.4, -0.2) is 49.8 Å². The van der Waals surface area contributed by atoms with E-state index in [1.807, 2.05) is 27.7 Å². The summed E-state index contributed by atoms with van der Waals surface area (Å²) < 4.78 is 0. The molecule has 0 saturated carbocycles. The van der Waals surface area contributed by atoms with Crippen molar-refractivity contribution in [2.45, 2.75) is 46.1 Å². The zero-order valence-corrected chi connectivity index (χ0v) is 12.7. The van der Waals surface area contributed by atoms with E-state index in [1.54, 1.807) is 4.90 Å². The van der Waals surface area contributed by atoms with Crippen molar-refractivity contribution >= 4 is 5.91 Å². The molecular weight excluding hydrogens is 256 g/mol. The average Bonchev–Trinajstić information content (AvgIpc) is 2.92. The minimum absolute atomic E-state index is 0.0656. The summed E-state index contributed by atoms with van der Waals surface area (Å²) in [6, 6.07) is 0. The lowest BCUT2D eigenvalue weighted by atomic mass is 9.82. The summed E-state index contributed by atoms with van der Waals surface area (Å²) in [5, 5.41) is 17.4. The van der Waals surface area contributed by atoms with E-state index >= 15 is 0 Å². The van der Waals surface area contributed by atoms with Crippen LogP contribution in [0.2, 0.25) is 0 Å². The number of aromatic amines is 1. The molecule has 0 unspecified atom stereocenters. The van der Waals surface area contributed by atoms with E-state index in [1.165, 1.54) is 0 Å². The molecule has 6 nitrogen and oxygen atoms in total. The third-order valence-electron chi connectivity index (χ3n) is 4.35. The van der Waals surface area contributed by atoms with E-state index in [0.717, 1.165) is 5.82 Å². The average molecular weight is 280 g/mol. The van der Waals surface area contributed by atoms with Gasteiger partial charge in [-0.15, -0.1) is 0 Å². The summed E-state index contributed by atoms with van der Waals surface area (Å²) in [5.41, 5.74) is -0.767. The second kappa shape index (κ2) is 5.52. The molecule has 0 radical (unpaired) electrons. The van der Waals surface area contributed by atoms with Crippen LogP contribution in [0, 0.1) is 18.8 Å². The van der Waals surface area contributed by atoms with Crippen molar-refractivity contribution in [3.05, 3.63) is 11.6 Å². The third-order valence-corrected chi connectivity index (χ3v) is 4.35. The molecule has 1 aromatic rings. The standard InChI is InChI=1S/C14H24N4O2/c1-9(2)14(20)8-18(7-10(14)3)13(19)6-5-12-15-11(4)16-17-12/h9-10,20H,5-8H2,1-4H3,(H,15,16,17)/t10-,14-/m1/s1. The summed E-state index contributed by atoms with van der Waals surface area (Å²) in [6.45, 7) is 8.90. The molecule has 0 spiro atoms. The fraction of sp³-hybridized carbons (Fsp3) is 0.786. The predicted octanol–water partition coefficient (Wildman–Crippen LogP) is 0.911. The number of carbonyl (C=O) groups excluding carboxylic acids is 1. The summed E-state index contributed by atoms with van der Waals surface area (Å²) in [5.74, 6) is 1.75. The number of hydrogen-bond acceptors (Lipinski definition) is 4. The van der Waals surface area contributed by atoms with Crippen LogP contribution in [0.3, 0.4) is 0 Å². The van der Waals surface area contributed by atoms with Crippen molar-refractivity contribution in [3.63, 3.8) is 0 Å². The molecule has 2 N–H and O–H groups in total. The Labute approximate surface area is 119 Å². The van der Waals surface area contributed by atoms with Gasteiger partial charge in [-0.1, -0.05) is 20.8 Å². The predicted molar refractivity (Wildman–Crippen MR) is 75.0 cm³/mol. The molecule has 1 aromatic heterocycles. The van der Waals surface area contributed by atoms with Crippen LogP contribution in [0.1, 0.15) is 38.8 Å². The van der Waals surface area contributed by atoms with Crippen molar-refractivity contribution in [1.82, 2.24) is 20.1 Å². The lowest BCUT2D eigenvalue weighted by molar-refractivity contribution is -0.131. The molecule has 0 bridgehead atoms. The molecule has 1 saturated heterocycles. The number of nitrogens with zero attached hydrogens (tertiary/aromatic N) is 3. The minimum atomic E-state index is -0.767. The number of H-pyrrole nitrogens is 1. The Balaban J connectivity index is 1.91. The quantitative estimate of drug-likeness (QED) is 0.859. The normalized spacial score (nSPS) is 26.5. The maximum absolute atomic E-state index is 12.2. The first kappa shape index (κ1) is 15.0. The van der Waals surface area contributed by atoms with Gasteiger partial charge in [-0.2, -0.15) is 5.10 Å². The Morgan fingerprint density at radius 2 is 2.30 bits per heavy atom. The van der Waals surface area contributed by atoms with Gasteiger partial charge in [0.05, 0.1) is 5.60 Å². The molecular formula is C14H24N4O2. The second-order valence-corrected chi connectivity index (χ2v) is 6.16. The van der Waals surface area contributed by atoms with Crippen LogP contribution in [0.25, 0.3) is 0 Å². The summed E-state index contributed by atoms with van der Waals surface area (Å²) in [7, 11) is 0. The number of aryl methyl sites for hydroxylation is 2. The van der Waals surface area contributed by atoms with Crippen LogP contribution in [-0.2, 0) is 11.2 Å². The van der Waals surface area contributed by atoms with Crippen molar-refractivity contribution in [3.8, 4) is 0 Å². The van der Waals surface area contributed by atoms with Crippen LogP contribution in [0.15, 0.2) is 0 Å². The third kappa shape index (κ3) is 2.85. The van der Waals surface area contributed by atoms with Gasteiger partial charge in [0.2, 0.25) is 5.91 Å². The van der Waals surface area contributed by atoms with Gasteiger partial charge in [0, 0.05) is 31.8 Å². The minimum Gasteiger partial charge on any atom is -0.387 e. The number of aliphatic hydroxyl groups is 1. The summed E-state index contributed by atoms with van der Waals surface area (Å²) >= 11 is 0. The first-order chi connectivity index (χ1) is 9.33. The van der Waals surface area contributed by atoms with Crippen LogP contribution < -0.4 is 0 Å². The van der Waals surface area contributed by atoms with E-state index < -0.39 is 5.60 Å². The molecule has 1 aliphatic heterocycles. The highest BCUT2D eigenvalue weighted by Crippen LogP contribution is 2.34. The Morgan fingerprint density at radius 1 is 1.60 bits per heavy atom. The van der Waals surface area contributed by atoms with Gasteiger partial charge in [-0.25, -0.2) is 4.98 Å². The number of carbonyl (C=O) groups is 1. The Bertz CT molecular complexity index is 485. The van der Waals surface area contributed by atoms with E-state index in [0.29, 0.717) is 31.8 Å². The number of aromatic nitrogens is 3. The second-order valence-electron chi connectivity index (χ2n) is 6.16. The van der Waals surface area contributed by atoms with Crippen molar-refractivity contribution in [2.75, 3.05) is 13.1 Å². The van der Waals surface area contributed by atoms with Gasteiger partial charge in [-0.05, 0) is 12.8 Å². The first-order valence-corrected chi connectivity index (χ1v) is 7.21. The SMILES string of the molecule is Cc1nc(CCC(=O)N2C[C@@H](C)[C@](O)(C(C)C)C2)n[nH]1. The maximum Gasteiger partial charge on any atom is 0.223 e. The number of nitrogens with one attached hydrogen (secondary N) is 1. The van der Waals surface area contributed by atoms with Crippen molar-refractivity contribution < 1.29 is 9.90 Å². The summed E-state index contributed by atoms with van der Waals surface area (Å²) in [6.07, 6.45) is 0.923. The van der Waals surface area contributed by atoms with Gasteiger partial charge >= 0.3 is 0 Å². The number of amides is 1.